The number of carbonyl (C=O) groups is 1. The molecule has 1 aliphatic heterocycles. The predicted octanol–water partition coefficient (Wildman–Crippen LogP) is 3.99. The summed E-state index contributed by atoms with van der Waals surface area (Å²) < 4.78 is 0. The minimum Gasteiger partial charge on any atom is -0.294 e. The van der Waals surface area contributed by atoms with E-state index < -0.39 is 0 Å². The summed E-state index contributed by atoms with van der Waals surface area (Å²) in [5.41, 5.74) is 7.96. The molecule has 0 spiro atoms. The lowest BCUT2D eigenvalue weighted by Gasteiger charge is -2.33. The van der Waals surface area contributed by atoms with Crippen LogP contribution in [-0.4, -0.2) is 11.5 Å². The molecule has 0 atom stereocenters. The Balaban J connectivity index is 1.89. The lowest BCUT2D eigenvalue weighted by atomic mass is 9.74. The van der Waals surface area contributed by atoms with Crippen molar-refractivity contribution >= 4 is 23.1 Å². The highest BCUT2D eigenvalue weighted by atomic mass is 35.5. The van der Waals surface area contributed by atoms with Crippen molar-refractivity contribution in [1.29, 1.82) is 0 Å². The van der Waals surface area contributed by atoms with Gasteiger partial charge >= 0.3 is 0 Å². The van der Waals surface area contributed by atoms with Gasteiger partial charge in [-0.15, -0.1) is 0 Å². The Bertz CT molecular complexity index is 686. The normalized spacial score (nSPS) is 20.8. The number of halogens is 1. The first-order valence-corrected chi connectivity index (χ1v) is 7.58. The Hall–Kier alpha value is -1.61. The van der Waals surface area contributed by atoms with Crippen LogP contribution in [0.1, 0.15) is 44.2 Å². The third-order valence-electron chi connectivity index (χ3n) is 4.16. The predicted molar refractivity (Wildman–Crippen MR) is 85.5 cm³/mol. The van der Waals surface area contributed by atoms with Gasteiger partial charge in [0.15, 0.2) is 5.78 Å². The highest BCUT2D eigenvalue weighted by Gasteiger charge is 2.35. The minimum atomic E-state index is 0.0206. The largest absolute Gasteiger partial charge is 0.294 e. The maximum atomic E-state index is 12.4. The zero-order chi connectivity index (χ0) is 15.2. The van der Waals surface area contributed by atoms with Crippen molar-refractivity contribution in [2.24, 2.45) is 10.5 Å². The summed E-state index contributed by atoms with van der Waals surface area (Å²) in [5, 5.41) is 5.22. The van der Waals surface area contributed by atoms with Crippen LogP contribution in [-0.2, 0) is 4.79 Å². The number of allylic oxidation sites excluding steroid dienone is 2. The van der Waals surface area contributed by atoms with Gasteiger partial charge in [-0.25, -0.2) is 0 Å². The molecule has 0 radical (unpaired) electrons. The second kappa shape index (κ2) is 4.99. The first kappa shape index (κ1) is 14.3. The van der Waals surface area contributed by atoms with Crippen molar-refractivity contribution < 1.29 is 4.79 Å². The van der Waals surface area contributed by atoms with Gasteiger partial charge in [-0.2, -0.15) is 5.10 Å². The first-order valence-electron chi connectivity index (χ1n) is 7.20. The standard InChI is InChI=1S/C17H19ClN2O/c1-10-6-11(4-5-13(10)18)14-7-12-15(20-19-14)8-17(2,3)9-16(12)21/h4-6,20H,7-9H2,1-3H3. The molecule has 1 aliphatic carbocycles. The van der Waals surface area contributed by atoms with E-state index in [4.69, 9.17) is 11.6 Å². The molecule has 1 heterocycles. The average Bonchev–Trinajstić information content (AvgIpc) is 2.40. The number of benzene rings is 1. The SMILES string of the molecule is Cc1cc(C2=NNC3=C(C2)C(=O)CC(C)(C)C3)ccc1Cl. The van der Waals surface area contributed by atoms with Crippen molar-refractivity contribution in [2.45, 2.75) is 40.0 Å². The molecule has 0 amide bonds. The molecule has 4 heteroatoms. The van der Waals surface area contributed by atoms with Crippen LogP contribution in [0.4, 0.5) is 0 Å². The fourth-order valence-corrected chi connectivity index (χ4v) is 3.12. The number of nitrogens with zero attached hydrogens (tertiary/aromatic N) is 1. The summed E-state index contributed by atoms with van der Waals surface area (Å²) in [7, 11) is 0. The number of hydrazone groups is 1. The van der Waals surface area contributed by atoms with E-state index in [9.17, 15) is 4.79 Å². The maximum absolute atomic E-state index is 12.4. The van der Waals surface area contributed by atoms with E-state index in [0.29, 0.717) is 12.8 Å². The highest BCUT2D eigenvalue weighted by Crippen LogP contribution is 2.38. The van der Waals surface area contributed by atoms with Crippen LogP contribution < -0.4 is 5.43 Å². The van der Waals surface area contributed by atoms with Crippen LogP contribution in [0.2, 0.25) is 5.02 Å². The lowest BCUT2D eigenvalue weighted by molar-refractivity contribution is -0.118. The van der Waals surface area contributed by atoms with Crippen molar-refractivity contribution in [3.05, 3.63) is 45.6 Å². The molecule has 3 nitrogen and oxygen atoms in total. The number of rotatable bonds is 1. The second-order valence-corrected chi connectivity index (χ2v) is 7.12. The molecule has 3 rings (SSSR count). The van der Waals surface area contributed by atoms with Gasteiger partial charge in [-0.3, -0.25) is 10.2 Å². The number of ketones is 1. The molecule has 0 saturated heterocycles. The molecule has 0 unspecified atom stereocenters. The number of carbonyl (C=O) groups excluding carboxylic acids is 1. The highest BCUT2D eigenvalue weighted by molar-refractivity contribution is 6.31. The van der Waals surface area contributed by atoms with Gasteiger partial charge in [0.05, 0.1) is 5.71 Å². The van der Waals surface area contributed by atoms with Gasteiger partial charge in [0.2, 0.25) is 0 Å². The van der Waals surface area contributed by atoms with Crippen molar-refractivity contribution in [2.75, 3.05) is 0 Å². The minimum absolute atomic E-state index is 0.0206. The van der Waals surface area contributed by atoms with Crippen LogP contribution in [0.3, 0.4) is 0 Å². The topological polar surface area (TPSA) is 41.5 Å². The molecule has 1 aromatic carbocycles. The van der Waals surface area contributed by atoms with E-state index in [0.717, 1.165) is 39.6 Å². The fraction of sp³-hybridized carbons (Fsp3) is 0.412. The van der Waals surface area contributed by atoms with E-state index in [1.807, 2.05) is 25.1 Å². The lowest BCUT2D eigenvalue weighted by Crippen LogP contribution is -2.33. The van der Waals surface area contributed by atoms with Gasteiger partial charge in [0.1, 0.15) is 0 Å². The molecule has 0 fully saturated rings. The third-order valence-corrected chi connectivity index (χ3v) is 4.58. The number of Topliss-reactive ketones (excluding diaryl/α,β-unsaturated/α-hetero) is 1. The zero-order valence-electron chi connectivity index (χ0n) is 12.6. The molecule has 110 valence electrons. The summed E-state index contributed by atoms with van der Waals surface area (Å²) in [6.07, 6.45) is 2.10. The van der Waals surface area contributed by atoms with E-state index in [1.165, 1.54) is 0 Å². The molecular formula is C17H19ClN2O. The van der Waals surface area contributed by atoms with Gasteiger partial charge in [-0.1, -0.05) is 31.5 Å². The van der Waals surface area contributed by atoms with Gasteiger partial charge < -0.3 is 0 Å². The van der Waals surface area contributed by atoms with Gasteiger partial charge in [-0.05, 0) is 42.0 Å². The molecule has 0 aromatic heterocycles. The monoisotopic (exact) mass is 302 g/mol. The summed E-state index contributed by atoms with van der Waals surface area (Å²) in [6, 6.07) is 5.86. The number of nitrogens with one attached hydrogen (secondary N) is 1. The Labute approximate surface area is 130 Å². The van der Waals surface area contributed by atoms with Crippen molar-refractivity contribution in [3.63, 3.8) is 0 Å². The van der Waals surface area contributed by atoms with E-state index in [2.05, 4.69) is 24.4 Å². The molecule has 21 heavy (non-hydrogen) atoms. The van der Waals surface area contributed by atoms with E-state index in [1.54, 1.807) is 0 Å². The van der Waals surface area contributed by atoms with Crippen LogP contribution in [0, 0.1) is 12.3 Å². The summed E-state index contributed by atoms with van der Waals surface area (Å²) in [5.74, 6) is 0.242. The molecule has 0 saturated carbocycles. The van der Waals surface area contributed by atoms with E-state index >= 15 is 0 Å². The summed E-state index contributed by atoms with van der Waals surface area (Å²) in [6.45, 7) is 6.22. The average molecular weight is 303 g/mol. The molecule has 1 N–H and O–H groups in total. The smallest absolute Gasteiger partial charge is 0.161 e. The van der Waals surface area contributed by atoms with E-state index in [-0.39, 0.29) is 11.2 Å². The van der Waals surface area contributed by atoms with Crippen LogP contribution in [0.15, 0.2) is 34.6 Å². The molecule has 1 aromatic rings. The summed E-state index contributed by atoms with van der Waals surface area (Å²) >= 11 is 6.07. The molecule has 0 bridgehead atoms. The van der Waals surface area contributed by atoms with Gasteiger partial charge in [0.25, 0.3) is 0 Å². The fourth-order valence-electron chi connectivity index (χ4n) is 3.00. The Morgan fingerprint density at radius 2 is 2.05 bits per heavy atom. The summed E-state index contributed by atoms with van der Waals surface area (Å²) in [4.78, 5) is 12.4. The van der Waals surface area contributed by atoms with Crippen molar-refractivity contribution in [3.8, 4) is 0 Å². The number of hydrogen-bond acceptors (Lipinski definition) is 3. The van der Waals surface area contributed by atoms with Gasteiger partial charge in [0, 0.05) is 29.1 Å². The maximum Gasteiger partial charge on any atom is 0.161 e. The zero-order valence-corrected chi connectivity index (χ0v) is 13.3. The number of hydrogen-bond donors (Lipinski definition) is 1. The third kappa shape index (κ3) is 2.75. The molecule has 2 aliphatic rings. The second-order valence-electron chi connectivity index (χ2n) is 6.71. The van der Waals surface area contributed by atoms with Crippen LogP contribution in [0.5, 0.6) is 0 Å². The van der Waals surface area contributed by atoms with Crippen molar-refractivity contribution in [1.82, 2.24) is 5.43 Å². The number of aryl methyl sites for hydroxylation is 1. The quantitative estimate of drug-likeness (QED) is 0.852. The Morgan fingerprint density at radius 1 is 1.29 bits per heavy atom. The Kier molecular flexibility index (Phi) is 3.40. The Morgan fingerprint density at radius 3 is 2.76 bits per heavy atom. The molecular weight excluding hydrogens is 284 g/mol. The van der Waals surface area contributed by atoms with Crippen LogP contribution in [0.25, 0.3) is 0 Å². The first-order chi connectivity index (χ1) is 9.85. The van der Waals surface area contributed by atoms with Crippen LogP contribution >= 0.6 is 11.6 Å².